The molecule has 0 spiro atoms. The summed E-state index contributed by atoms with van der Waals surface area (Å²) in [6.45, 7) is 2.91. The first-order valence-electron chi connectivity index (χ1n) is 10.7. The molecule has 1 fully saturated rings. The van der Waals surface area contributed by atoms with Gasteiger partial charge in [-0.05, 0) is 36.6 Å². The van der Waals surface area contributed by atoms with Crippen LogP contribution in [0.3, 0.4) is 0 Å². The van der Waals surface area contributed by atoms with Crippen LogP contribution in [0.4, 0.5) is 4.39 Å². The van der Waals surface area contributed by atoms with Crippen molar-refractivity contribution in [3.63, 3.8) is 0 Å². The highest BCUT2D eigenvalue weighted by atomic mass is 19.1. The van der Waals surface area contributed by atoms with E-state index in [0.29, 0.717) is 30.9 Å². The largest absolute Gasteiger partial charge is 0.351 e. The molecule has 9 heteroatoms. The van der Waals surface area contributed by atoms with Crippen molar-refractivity contribution in [2.24, 2.45) is 0 Å². The first kappa shape index (κ1) is 21.7. The van der Waals surface area contributed by atoms with Crippen molar-refractivity contribution >= 4 is 11.8 Å². The number of aromatic amines is 1. The zero-order valence-corrected chi connectivity index (χ0v) is 18.3. The quantitative estimate of drug-likeness (QED) is 0.641. The molecule has 8 nitrogen and oxygen atoms in total. The summed E-state index contributed by atoms with van der Waals surface area (Å²) in [5.74, 6) is -0.248. The van der Waals surface area contributed by atoms with Gasteiger partial charge in [-0.15, -0.1) is 0 Å². The normalized spacial score (nSPS) is 14.5. The highest BCUT2D eigenvalue weighted by molar-refractivity contribution is 5.76. The summed E-state index contributed by atoms with van der Waals surface area (Å²) in [5, 5.41) is 4.63. The smallest absolute Gasteiger partial charge is 0.244 e. The van der Waals surface area contributed by atoms with Crippen molar-refractivity contribution in [1.82, 2.24) is 29.5 Å². The van der Waals surface area contributed by atoms with Crippen LogP contribution < -0.4 is 0 Å². The maximum atomic E-state index is 13.3. The first-order valence-corrected chi connectivity index (χ1v) is 10.7. The summed E-state index contributed by atoms with van der Waals surface area (Å²) in [5.41, 5.74) is 3.17. The molecule has 0 aliphatic carbocycles. The van der Waals surface area contributed by atoms with Gasteiger partial charge in [0.2, 0.25) is 11.8 Å². The number of halogens is 1. The van der Waals surface area contributed by atoms with Crippen LogP contribution in [0, 0.1) is 5.82 Å². The van der Waals surface area contributed by atoms with E-state index < -0.39 is 0 Å². The zero-order valence-electron chi connectivity index (χ0n) is 18.3. The fourth-order valence-electron chi connectivity index (χ4n) is 4.06. The van der Waals surface area contributed by atoms with E-state index in [1.54, 1.807) is 41.2 Å². The van der Waals surface area contributed by atoms with Gasteiger partial charge in [-0.2, -0.15) is 5.10 Å². The number of rotatable bonds is 6. The topological polar surface area (TPSA) is 87.1 Å². The van der Waals surface area contributed by atoms with Gasteiger partial charge in [-0.3, -0.25) is 14.3 Å². The Balaban J connectivity index is 1.49. The number of hydrogen-bond donors (Lipinski definition) is 1. The van der Waals surface area contributed by atoms with Gasteiger partial charge in [0.15, 0.2) is 0 Å². The Morgan fingerprint density at radius 3 is 2.53 bits per heavy atom. The molecule has 1 aliphatic rings. The predicted octanol–water partition coefficient (Wildman–Crippen LogP) is 2.47. The number of H-pyrrole nitrogens is 1. The van der Waals surface area contributed by atoms with Crippen LogP contribution in [0.15, 0.2) is 42.9 Å². The lowest BCUT2D eigenvalue weighted by molar-refractivity contribution is -0.135. The number of amides is 2. The number of piperidine rings is 1. The molecular weight excluding hydrogens is 411 g/mol. The number of benzene rings is 1. The third-order valence-electron chi connectivity index (χ3n) is 6.07. The molecule has 0 atom stereocenters. The van der Waals surface area contributed by atoms with E-state index in [4.69, 9.17) is 0 Å². The van der Waals surface area contributed by atoms with Crippen LogP contribution in [0.2, 0.25) is 0 Å². The van der Waals surface area contributed by atoms with Gasteiger partial charge >= 0.3 is 0 Å². The van der Waals surface area contributed by atoms with Gasteiger partial charge in [0.1, 0.15) is 23.7 Å². The summed E-state index contributed by atoms with van der Waals surface area (Å²) < 4.78 is 15.0. The molecule has 1 N–H and O–H groups in total. The van der Waals surface area contributed by atoms with E-state index in [1.807, 2.05) is 18.0 Å². The fraction of sp³-hybridized carbons (Fsp3) is 0.391. The minimum Gasteiger partial charge on any atom is -0.351 e. The lowest BCUT2D eigenvalue weighted by atomic mass is 10.0. The van der Waals surface area contributed by atoms with E-state index >= 15 is 0 Å². The minimum atomic E-state index is -0.284. The van der Waals surface area contributed by atoms with Crippen LogP contribution in [0.25, 0.3) is 11.4 Å². The van der Waals surface area contributed by atoms with Crippen molar-refractivity contribution in [2.45, 2.75) is 38.8 Å². The van der Waals surface area contributed by atoms with E-state index in [-0.39, 0.29) is 30.2 Å². The average Bonchev–Trinajstić information content (AvgIpc) is 3.45. The van der Waals surface area contributed by atoms with Gasteiger partial charge in [0, 0.05) is 51.4 Å². The lowest BCUT2D eigenvalue weighted by Gasteiger charge is -2.36. The molecule has 2 aromatic heterocycles. The summed E-state index contributed by atoms with van der Waals surface area (Å²) >= 11 is 0. The number of nitrogens with one attached hydrogen (secondary N) is 1. The Morgan fingerprint density at radius 2 is 1.91 bits per heavy atom. The predicted molar refractivity (Wildman–Crippen MR) is 117 cm³/mol. The molecule has 3 aromatic rings. The number of hydrogen-bond acceptors (Lipinski definition) is 4. The van der Waals surface area contributed by atoms with Gasteiger partial charge in [0.05, 0.1) is 6.33 Å². The second-order valence-corrected chi connectivity index (χ2v) is 8.18. The van der Waals surface area contributed by atoms with Crippen LogP contribution in [-0.4, -0.2) is 67.5 Å². The van der Waals surface area contributed by atoms with E-state index in [9.17, 15) is 14.0 Å². The first-order chi connectivity index (χ1) is 15.4. The van der Waals surface area contributed by atoms with Crippen molar-refractivity contribution < 1.29 is 14.0 Å². The number of carbonyl (C=O) groups excluding carboxylic acids is 2. The Hall–Kier alpha value is -3.49. The molecule has 0 bridgehead atoms. The zero-order chi connectivity index (χ0) is 22.7. The maximum Gasteiger partial charge on any atom is 0.244 e. The third kappa shape index (κ3) is 4.87. The van der Waals surface area contributed by atoms with Crippen LogP contribution >= 0.6 is 0 Å². The summed E-state index contributed by atoms with van der Waals surface area (Å²) in [7, 11) is 1.81. The molecule has 1 aromatic carbocycles. The lowest BCUT2D eigenvalue weighted by Crippen LogP contribution is -2.47. The van der Waals surface area contributed by atoms with Crippen molar-refractivity contribution in [3.05, 3.63) is 59.9 Å². The van der Waals surface area contributed by atoms with Crippen LogP contribution in [-0.2, 0) is 22.6 Å². The summed E-state index contributed by atoms with van der Waals surface area (Å²) in [6.07, 6.45) is 5.40. The molecule has 2 amide bonds. The molecule has 1 saturated heterocycles. The molecule has 168 valence electrons. The molecule has 4 rings (SSSR count). The van der Waals surface area contributed by atoms with E-state index in [2.05, 4.69) is 15.1 Å². The standard InChI is InChI=1S/C23H27FN6O2/c1-16(31)28(2)19-7-9-29(10-8-19)23(32)14-30-20(11-17-3-5-18(24)6-4-17)12-21(27-30)22-13-25-15-26-22/h3-6,12-13,15,19H,7-11,14H2,1-2H3,(H,25,26). The minimum absolute atomic E-state index is 0.00837. The number of aromatic nitrogens is 4. The van der Waals surface area contributed by atoms with Gasteiger partial charge < -0.3 is 14.8 Å². The SMILES string of the molecule is CC(=O)N(C)C1CCN(C(=O)Cn2nc(-c3c[nH]cn3)cc2Cc2ccc(F)cc2)CC1. The molecule has 1 aliphatic heterocycles. The Bertz CT molecular complexity index is 1070. The molecule has 3 heterocycles. The fourth-order valence-corrected chi connectivity index (χ4v) is 4.06. The Morgan fingerprint density at radius 1 is 1.19 bits per heavy atom. The molecular formula is C23H27FN6O2. The van der Waals surface area contributed by atoms with E-state index in [0.717, 1.165) is 24.1 Å². The highest BCUT2D eigenvalue weighted by Gasteiger charge is 2.27. The van der Waals surface area contributed by atoms with Gasteiger partial charge in [-0.1, -0.05) is 12.1 Å². The molecule has 0 unspecified atom stereocenters. The highest BCUT2D eigenvalue weighted by Crippen LogP contribution is 2.21. The molecule has 0 saturated carbocycles. The maximum absolute atomic E-state index is 13.3. The van der Waals surface area contributed by atoms with Gasteiger partial charge in [-0.25, -0.2) is 9.37 Å². The second-order valence-electron chi connectivity index (χ2n) is 8.18. The summed E-state index contributed by atoms with van der Waals surface area (Å²) in [4.78, 5) is 35.4. The van der Waals surface area contributed by atoms with Gasteiger partial charge in [0.25, 0.3) is 0 Å². The van der Waals surface area contributed by atoms with Crippen LogP contribution in [0.1, 0.15) is 31.0 Å². The van der Waals surface area contributed by atoms with Crippen molar-refractivity contribution in [2.75, 3.05) is 20.1 Å². The number of nitrogens with zero attached hydrogens (tertiary/aromatic N) is 5. The van der Waals surface area contributed by atoms with Crippen molar-refractivity contribution in [3.8, 4) is 11.4 Å². The molecule has 32 heavy (non-hydrogen) atoms. The molecule has 0 radical (unpaired) electrons. The Kier molecular flexibility index (Phi) is 6.34. The Labute approximate surface area is 186 Å². The van der Waals surface area contributed by atoms with E-state index in [1.165, 1.54) is 12.1 Å². The average molecular weight is 439 g/mol. The number of likely N-dealkylation sites (tertiary alicyclic amines) is 1. The summed E-state index contributed by atoms with van der Waals surface area (Å²) in [6, 6.07) is 8.41. The monoisotopic (exact) mass is 438 g/mol. The number of carbonyl (C=O) groups is 2. The second kappa shape index (κ2) is 9.33. The van der Waals surface area contributed by atoms with Crippen LogP contribution in [0.5, 0.6) is 0 Å². The third-order valence-corrected chi connectivity index (χ3v) is 6.07. The number of imidazole rings is 1. The van der Waals surface area contributed by atoms with Crippen molar-refractivity contribution in [1.29, 1.82) is 0 Å².